The van der Waals surface area contributed by atoms with Gasteiger partial charge < -0.3 is 14.2 Å². The van der Waals surface area contributed by atoms with Gasteiger partial charge in [0.15, 0.2) is 6.10 Å². The highest BCUT2D eigenvalue weighted by Crippen LogP contribution is 2.16. The smallest absolute Gasteiger partial charge is 0.306 e. The van der Waals surface area contributed by atoms with E-state index in [-0.39, 0.29) is 31.1 Å². The van der Waals surface area contributed by atoms with Gasteiger partial charge in [0.05, 0.1) is 0 Å². The van der Waals surface area contributed by atoms with Crippen LogP contribution in [0.1, 0.15) is 252 Å². The van der Waals surface area contributed by atoms with Crippen LogP contribution in [0.5, 0.6) is 0 Å². The van der Waals surface area contributed by atoms with E-state index in [1.807, 2.05) is 30.4 Å². The van der Waals surface area contributed by atoms with Crippen molar-refractivity contribution >= 4 is 17.9 Å². The summed E-state index contributed by atoms with van der Waals surface area (Å²) < 4.78 is 16.8. The summed E-state index contributed by atoms with van der Waals surface area (Å²) in [7, 11) is 0. The molecule has 0 saturated heterocycles. The third-order valence-corrected chi connectivity index (χ3v) is 11.3. The highest BCUT2D eigenvalue weighted by Gasteiger charge is 2.19. The van der Waals surface area contributed by atoms with Crippen molar-refractivity contribution in [3.05, 3.63) is 72.9 Å². The van der Waals surface area contributed by atoms with Gasteiger partial charge in [0, 0.05) is 19.3 Å². The van der Waals surface area contributed by atoms with Crippen LogP contribution >= 0.6 is 0 Å². The highest BCUT2D eigenvalue weighted by atomic mass is 16.6. The molecule has 63 heavy (non-hydrogen) atoms. The quantitative estimate of drug-likeness (QED) is 0.0199. The van der Waals surface area contributed by atoms with Gasteiger partial charge in [-0.05, 0) is 64.2 Å². The van der Waals surface area contributed by atoms with E-state index in [0.29, 0.717) is 19.3 Å². The molecule has 0 aliphatic heterocycles. The first-order chi connectivity index (χ1) is 31.0. The van der Waals surface area contributed by atoms with Crippen molar-refractivity contribution in [2.24, 2.45) is 0 Å². The second-order valence-electron chi connectivity index (χ2n) is 17.5. The minimum absolute atomic E-state index is 0.0897. The summed E-state index contributed by atoms with van der Waals surface area (Å²) in [6.07, 6.45) is 64.6. The van der Waals surface area contributed by atoms with E-state index in [4.69, 9.17) is 14.2 Å². The zero-order valence-corrected chi connectivity index (χ0v) is 41.3. The van der Waals surface area contributed by atoms with E-state index < -0.39 is 6.10 Å². The van der Waals surface area contributed by atoms with Crippen molar-refractivity contribution < 1.29 is 28.6 Å². The maximum absolute atomic E-state index is 12.8. The Hall–Kier alpha value is -3.15. The van der Waals surface area contributed by atoms with Crippen LogP contribution in [0.3, 0.4) is 0 Å². The van der Waals surface area contributed by atoms with Crippen LogP contribution in [-0.4, -0.2) is 37.2 Å². The molecule has 0 bridgehead atoms. The standard InChI is InChI=1S/C57H98O6/c1-4-7-10-13-16-19-22-25-27-28-29-30-33-35-38-41-44-47-50-56(59)62-53-54(52-61-55(58)49-46-43-40-37-34-31-24-21-18-15-12-9-6-3)63-57(60)51-48-45-42-39-36-32-26-23-20-17-14-11-8-5-2/h8-9,11-12,15,17-18,20-21,24,31,34,54H,4-7,10,13-14,16,19,22-23,25-30,32-33,35-53H2,1-3H3/b11-8+,12-9+,18-15+,20-17+,24-21+,34-31+. The lowest BCUT2D eigenvalue weighted by Crippen LogP contribution is -2.30. The van der Waals surface area contributed by atoms with Crippen molar-refractivity contribution in [2.75, 3.05) is 13.2 Å². The zero-order chi connectivity index (χ0) is 45.8. The molecule has 1 unspecified atom stereocenters. The Labute approximate surface area is 389 Å². The predicted molar refractivity (Wildman–Crippen MR) is 270 cm³/mol. The van der Waals surface area contributed by atoms with E-state index >= 15 is 0 Å². The molecule has 0 fully saturated rings. The molecular weight excluding hydrogens is 781 g/mol. The second-order valence-corrected chi connectivity index (χ2v) is 17.5. The van der Waals surface area contributed by atoms with E-state index in [2.05, 4.69) is 63.3 Å². The number of hydrogen-bond acceptors (Lipinski definition) is 6. The van der Waals surface area contributed by atoms with E-state index in [1.165, 1.54) is 122 Å². The number of esters is 3. The fourth-order valence-corrected chi connectivity index (χ4v) is 7.37. The Kier molecular flexibility index (Phi) is 48.9. The number of allylic oxidation sites excluding steroid dienone is 12. The Morgan fingerprint density at radius 1 is 0.349 bits per heavy atom. The van der Waals surface area contributed by atoms with Crippen molar-refractivity contribution in [1.29, 1.82) is 0 Å². The van der Waals surface area contributed by atoms with Gasteiger partial charge in [-0.1, -0.05) is 241 Å². The maximum Gasteiger partial charge on any atom is 0.306 e. The first-order valence-corrected chi connectivity index (χ1v) is 26.5. The normalized spacial score (nSPS) is 12.6. The van der Waals surface area contributed by atoms with Gasteiger partial charge in [0.2, 0.25) is 0 Å². The van der Waals surface area contributed by atoms with Crippen molar-refractivity contribution in [1.82, 2.24) is 0 Å². The summed E-state index contributed by atoms with van der Waals surface area (Å²) in [5, 5.41) is 0. The Morgan fingerprint density at radius 3 is 1.16 bits per heavy atom. The van der Waals surface area contributed by atoms with Crippen molar-refractivity contribution in [2.45, 2.75) is 258 Å². The maximum atomic E-state index is 12.8. The summed E-state index contributed by atoms with van der Waals surface area (Å²) in [5.41, 5.74) is 0. The van der Waals surface area contributed by atoms with Gasteiger partial charge in [-0.2, -0.15) is 0 Å². The van der Waals surface area contributed by atoms with Crippen molar-refractivity contribution in [3.63, 3.8) is 0 Å². The second kappa shape index (κ2) is 51.5. The predicted octanol–water partition coefficient (Wildman–Crippen LogP) is 17.4. The summed E-state index contributed by atoms with van der Waals surface area (Å²) in [5.74, 6) is -0.934. The lowest BCUT2D eigenvalue weighted by molar-refractivity contribution is -0.167. The average Bonchev–Trinajstić information content (AvgIpc) is 3.28. The molecule has 0 aliphatic carbocycles. The minimum atomic E-state index is -0.793. The minimum Gasteiger partial charge on any atom is -0.462 e. The van der Waals surface area contributed by atoms with Crippen LogP contribution < -0.4 is 0 Å². The van der Waals surface area contributed by atoms with Gasteiger partial charge >= 0.3 is 17.9 Å². The van der Waals surface area contributed by atoms with E-state index in [1.54, 1.807) is 0 Å². The molecule has 0 aromatic rings. The molecule has 0 aromatic carbocycles. The number of carbonyl (C=O) groups is 3. The molecule has 0 rings (SSSR count). The highest BCUT2D eigenvalue weighted by molar-refractivity contribution is 5.71. The lowest BCUT2D eigenvalue weighted by atomic mass is 10.0. The third-order valence-electron chi connectivity index (χ3n) is 11.3. The van der Waals surface area contributed by atoms with Gasteiger partial charge in [-0.15, -0.1) is 0 Å². The molecule has 0 radical (unpaired) electrons. The van der Waals surface area contributed by atoms with Crippen LogP contribution in [0.15, 0.2) is 72.9 Å². The SMILES string of the molecule is CC/C=C/C=C/C=C/C=C/CCCCCC(=O)OCC(COC(=O)CCCCCCCCCCCCCCCCCCCC)OC(=O)CCCCCCCCC/C=C/C/C=C/CC. The molecule has 0 aliphatic rings. The van der Waals surface area contributed by atoms with Crippen LogP contribution in [0.25, 0.3) is 0 Å². The molecule has 6 nitrogen and oxygen atoms in total. The average molecular weight is 879 g/mol. The molecule has 0 heterocycles. The number of hydrogen-bond donors (Lipinski definition) is 0. The van der Waals surface area contributed by atoms with E-state index in [0.717, 1.165) is 89.9 Å². The summed E-state index contributed by atoms with van der Waals surface area (Å²) in [6, 6.07) is 0. The zero-order valence-electron chi connectivity index (χ0n) is 41.3. The third kappa shape index (κ3) is 49.7. The van der Waals surface area contributed by atoms with Gasteiger partial charge in [0.25, 0.3) is 0 Å². The number of rotatable bonds is 47. The molecule has 0 amide bonds. The summed E-state index contributed by atoms with van der Waals surface area (Å²) in [4.78, 5) is 38.0. The number of ether oxygens (including phenoxy) is 3. The van der Waals surface area contributed by atoms with Crippen LogP contribution in [0, 0.1) is 0 Å². The van der Waals surface area contributed by atoms with Crippen molar-refractivity contribution in [3.8, 4) is 0 Å². The molecule has 0 aromatic heterocycles. The van der Waals surface area contributed by atoms with Crippen LogP contribution in [0.4, 0.5) is 0 Å². The Bertz CT molecular complexity index is 1190. The van der Waals surface area contributed by atoms with Gasteiger partial charge in [0.1, 0.15) is 13.2 Å². The molecule has 0 N–H and O–H groups in total. The lowest BCUT2D eigenvalue weighted by Gasteiger charge is -2.18. The number of carbonyl (C=O) groups excluding carboxylic acids is 3. The van der Waals surface area contributed by atoms with Crippen LogP contribution in [-0.2, 0) is 28.6 Å². The first kappa shape index (κ1) is 59.9. The fourth-order valence-electron chi connectivity index (χ4n) is 7.37. The first-order valence-electron chi connectivity index (χ1n) is 26.5. The van der Waals surface area contributed by atoms with Gasteiger partial charge in [-0.3, -0.25) is 14.4 Å². The molecule has 6 heteroatoms. The van der Waals surface area contributed by atoms with Crippen LogP contribution in [0.2, 0.25) is 0 Å². The monoisotopic (exact) mass is 879 g/mol. The largest absolute Gasteiger partial charge is 0.462 e. The number of unbranched alkanes of at least 4 members (excludes halogenated alkanes) is 27. The molecule has 0 spiro atoms. The Morgan fingerprint density at radius 2 is 0.698 bits per heavy atom. The molecule has 0 saturated carbocycles. The summed E-state index contributed by atoms with van der Waals surface area (Å²) >= 11 is 0. The fraction of sp³-hybridized carbons (Fsp3) is 0.737. The Balaban J connectivity index is 4.39. The van der Waals surface area contributed by atoms with E-state index in [9.17, 15) is 14.4 Å². The molecular formula is C57H98O6. The topological polar surface area (TPSA) is 78.9 Å². The molecule has 1 atom stereocenters. The molecule has 362 valence electrons. The summed E-state index contributed by atoms with van der Waals surface area (Å²) in [6.45, 7) is 6.37. The van der Waals surface area contributed by atoms with Gasteiger partial charge in [-0.25, -0.2) is 0 Å².